The smallest absolute Gasteiger partial charge is 0.209 e. The number of para-hydroxylation sites is 1. The van der Waals surface area contributed by atoms with Crippen LogP contribution in [-0.2, 0) is 13.6 Å². The average molecular weight is 345 g/mol. The Hall–Kier alpha value is -1.51. The Balaban J connectivity index is 0.00000242. The first-order valence-corrected chi connectivity index (χ1v) is 7.50. The molecule has 0 atom stereocenters. The summed E-state index contributed by atoms with van der Waals surface area (Å²) in [5.41, 5.74) is 1.07. The Kier molecular flexibility index (Phi) is 8.00. The molecule has 0 aliphatic carbocycles. The molecule has 22 heavy (non-hydrogen) atoms. The lowest BCUT2D eigenvalue weighted by Gasteiger charge is -2.13. The molecule has 0 spiro atoms. The van der Waals surface area contributed by atoms with Crippen molar-refractivity contribution in [3.63, 3.8) is 0 Å². The zero-order valence-electron chi connectivity index (χ0n) is 12.7. The number of thioether (sulfide) groups is 1. The second-order valence-corrected chi connectivity index (χ2v) is 5.33. The number of nitrogens with zero attached hydrogens (tertiary/aromatic N) is 4. The molecule has 2 aromatic rings. The Bertz CT molecular complexity index is 581. The highest BCUT2D eigenvalue weighted by molar-refractivity contribution is 7.99. The maximum absolute atomic E-state index is 5.40. The van der Waals surface area contributed by atoms with Gasteiger partial charge >= 0.3 is 0 Å². The molecule has 0 unspecified atom stereocenters. The second kappa shape index (κ2) is 9.50. The molecule has 9 heteroatoms. The standard InChI is InChI=1S/C13H19N5O2S.ClH/c1-18-13(15-16-17-18)21-8-7-14-9-10-5-4-6-11(19-2)12(10)20-3;/h4-6,14H,7-9H2,1-3H3;1H/p-1. The van der Waals surface area contributed by atoms with Gasteiger partial charge in [-0.15, -0.1) is 5.10 Å². The summed E-state index contributed by atoms with van der Waals surface area (Å²) in [6, 6.07) is 5.87. The van der Waals surface area contributed by atoms with Crippen LogP contribution in [0.3, 0.4) is 0 Å². The highest BCUT2D eigenvalue weighted by Gasteiger charge is 2.08. The number of tetrazole rings is 1. The molecule has 0 fully saturated rings. The number of hydrogen-bond acceptors (Lipinski definition) is 7. The molecular formula is C13H19ClN5O2S-. The molecule has 0 radical (unpaired) electrons. The maximum atomic E-state index is 5.40. The van der Waals surface area contributed by atoms with E-state index in [-0.39, 0.29) is 12.4 Å². The Morgan fingerprint density at radius 2 is 2.09 bits per heavy atom. The number of aromatic nitrogens is 4. The van der Waals surface area contributed by atoms with Gasteiger partial charge in [0.15, 0.2) is 11.5 Å². The lowest BCUT2D eigenvalue weighted by Crippen LogP contribution is -3.00. The van der Waals surface area contributed by atoms with Crippen molar-refractivity contribution in [2.24, 2.45) is 7.05 Å². The van der Waals surface area contributed by atoms with Crippen molar-refractivity contribution in [1.29, 1.82) is 0 Å². The molecule has 0 aliphatic rings. The van der Waals surface area contributed by atoms with Gasteiger partial charge in [0, 0.05) is 31.5 Å². The highest BCUT2D eigenvalue weighted by Crippen LogP contribution is 2.30. The van der Waals surface area contributed by atoms with Gasteiger partial charge in [-0.25, -0.2) is 4.68 Å². The minimum atomic E-state index is 0. The summed E-state index contributed by atoms with van der Waals surface area (Å²) in [4.78, 5) is 0. The van der Waals surface area contributed by atoms with Crippen LogP contribution in [0, 0.1) is 0 Å². The Labute approximate surface area is 140 Å². The van der Waals surface area contributed by atoms with Crippen molar-refractivity contribution in [2.45, 2.75) is 11.7 Å². The molecule has 0 bridgehead atoms. The van der Waals surface area contributed by atoms with Crippen molar-refractivity contribution in [3.8, 4) is 11.5 Å². The summed E-state index contributed by atoms with van der Waals surface area (Å²) in [7, 11) is 5.12. The van der Waals surface area contributed by atoms with E-state index in [0.717, 1.165) is 41.1 Å². The molecule has 0 saturated heterocycles. The molecular weight excluding hydrogens is 326 g/mol. The fourth-order valence-electron chi connectivity index (χ4n) is 1.87. The van der Waals surface area contributed by atoms with Crippen LogP contribution >= 0.6 is 11.8 Å². The summed E-state index contributed by atoms with van der Waals surface area (Å²) in [6.07, 6.45) is 0. The molecule has 2 rings (SSSR count). The third-order valence-corrected chi connectivity index (χ3v) is 3.90. The number of rotatable bonds is 8. The number of nitrogens with one attached hydrogen (secondary N) is 1. The second-order valence-electron chi connectivity index (χ2n) is 4.26. The molecule has 1 aromatic carbocycles. The fourth-order valence-corrected chi connectivity index (χ4v) is 2.62. The summed E-state index contributed by atoms with van der Waals surface area (Å²) in [5, 5.41) is 15.5. The molecule has 0 aliphatic heterocycles. The zero-order valence-corrected chi connectivity index (χ0v) is 14.3. The van der Waals surface area contributed by atoms with Gasteiger partial charge in [-0.2, -0.15) is 0 Å². The predicted molar refractivity (Wildman–Crippen MR) is 80.8 cm³/mol. The molecule has 7 nitrogen and oxygen atoms in total. The van der Waals surface area contributed by atoms with Gasteiger partial charge in [-0.1, -0.05) is 23.9 Å². The van der Waals surface area contributed by atoms with Crippen LogP contribution in [0.15, 0.2) is 23.4 Å². The predicted octanol–water partition coefficient (Wildman–Crippen LogP) is -1.89. The van der Waals surface area contributed by atoms with E-state index in [1.165, 1.54) is 0 Å². The normalized spacial score (nSPS) is 10.1. The summed E-state index contributed by atoms with van der Waals surface area (Å²) >= 11 is 1.61. The van der Waals surface area contributed by atoms with Crippen LogP contribution in [-0.4, -0.2) is 46.7 Å². The SMILES string of the molecule is COc1cccc(CNCCSc2nnnn2C)c1OC.[Cl-]. The van der Waals surface area contributed by atoms with Crippen LogP contribution < -0.4 is 27.2 Å². The first-order valence-electron chi connectivity index (χ1n) is 6.52. The fraction of sp³-hybridized carbons (Fsp3) is 0.462. The minimum absolute atomic E-state index is 0. The van der Waals surface area contributed by atoms with Crippen LogP contribution in [0.25, 0.3) is 0 Å². The van der Waals surface area contributed by atoms with Crippen molar-refractivity contribution in [3.05, 3.63) is 23.8 Å². The number of ether oxygens (including phenoxy) is 2. The van der Waals surface area contributed by atoms with E-state index in [1.54, 1.807) is 30.7 Å². The van der Waals surface area contributed by atoms with Crippen LogP contribution in [0.2, 0.25) is 0 Å². The van der Waals surface area contributed by atoms with Crippen molar-refractivity contribution >= 4 is 11.8 Å². The molecule has 0 amide bonds. The van der Waals surface area contributed by atoms with E-state index in [1.807, 2.05) is 25.2 Å². The van der Waals surface area contributed by atoms with Crippen molar-refractivity contribution in [1.82, 2.24) is 25.5 Å². The van der Waals surface area contributed by atoms with Crippen molar-refractivity contribution in [2.75, 3.05) is 26.5 Å². The lowest BCUT2D eigenvalue weighted by atomic mass is 10.2. The summed E-state index contributed by atoms with van der Waals surface area (Å²) in [6.45, 7) is 1.57. The molecule has 1 aromatic heterocycles. The molecule has 122 valence electrons. The van der Waals surface area contributed by atoms with Gasteiger partial charge in [-0.05, 0) is 16.5 Å². The zero-order chi connectivity index (χ0) is 15.1. The van der Waals surface area contributed by atoms with Crippen LogP contribution in [0.5, 0.6) is 11.5 Å². The van der Waals surface area contributed by atoms with E-state index in [9.17, 15) is 0 Å². The average Bonchev–Trinajstić information content (AvgIpc) is 2.91. The summed E-state index contributed by atoms with van der Waals surface area (Å²) < 4.78 is 12.3. The van der Waals surface area contributed by atoms with Crippen molar-refractivity contribution < 1.29 is 21.9 Å². The third kappa shape index (κ3) is 4.75. The van der Waals surface area contributed by atoms with Gasteiger partial charge in [0.25, 0.3) is 0 Å². The number of aryl methyl sites for hydroxylation is 1. The first kappa shape index (κ1) is 18.5. The van der Waals surface area contributed by atoms with E-state index in [0.29, 0.717) is 0 Å². The number of halogens is 1. The van der Waals surface area contributed by atoms with E-state index >= 15 is 0 Å². The van der Waals surface area contributed by atoms with Gasteiger partial charge < -0.3 is 27.2 Å². The maximum Gasteiger partial charge on any atom is 0.209 e. The number of benzene rings is 1. The van der Waals surface area contributed by atoms with E-state index in [2.05, 4.69) is 20.8 Å². The Morgan fingerprint density at radius 1 is 1.27 bits per heavy atom. The quantitative estimate of drug-likeness (QED) is 0.443. The third-order valence-electron chi connectivity index (χ3n) is 2.89. The van der Waals surface area contributed by atoms with Gasteiger partial charge in [0.1, 0.15) is 0 Å². The van der Waals surface area contributed by atoms with E-state index in [4.69, 9.17) is 9.47 Å². The number of methoxy groups -OCH3 is 2. The Morgan fingerprint density at radius 3 is 2.73 bits per heavy atom. The number of hydrogen-bond donors (Lipinski definition) is 1. The molecule has 0 saturated carbocycles. The highest BCUT2D eigenvalue weighted by atomic mass is 35.5. The van der Waals surface area contributed by atoms with Crippen LogP contribution in [0.4, 0.5) is 0 Å². The van der Waals surface area contributed by atoms with Gasteiger partial charge in [-0.3, -0.25) is 0 Å². The summed E-state index contributed by atoms with van der Waals surface area (Å²) in [5.74, 6) is 2.41. The lowest BCUT2D eigenvalue weighted by molar-refractivity contribution is -0.00000507. The van der Waals surface area contributed by atoms with Gasteiger partial charge in [0.05, 0.1) is 14.2 Å². The minimum Gasteiger partial charge on any atom is -1.00 e. The largest absolute Gasteiger partial charge is 1.00 e. The van der Waals surface area contributed by atoms with E-state index < -0.39 is 0 Å². The topological polar surface area (TPSA) is 74.1 Å². The van der Waals surface area contributed by atoms with Crippen LogP contribution in [0.1, 0.15) is 5.56 Å². The molecule has 1 N–H and O–H groups in total. The first-order chi connectivity index (χ1) is 10.3. The monoisotopic (exact) mass is 344 g/mol. The van der Waals surface area contributed by atoms with Gasteiger partial charge in [0.2, 0.25) is 5.16 Å². The molecule has 1 heterocycles.